The second-order valence-electron chi connectivity index (χ2n) is 3.78. The van der Waals surface area contributed by atoms with E-state index in [-0.39, 0.29) is 17.3 Å². The first-order valence-corrected chi connectivity index (χ1v) is 6.79. The number of nitrogens with two attached hydrogens (primary N) is 1. The Morgan fingerprint density at radius 2 is 2.26 bits per heavy atom. The lowest BCUT2D eigenvalue weighted by Gasteiger charge is -2.05. The van der Waals surface area contributed by atoms with Gasteiger partial charge < -0.3 is 5.73 Å². The van der Waals surface area contributed by atoms with E-state index in [1.54, 1.807) is 24.3 Å². The number of nitrogens with one attached hydrogen (secondary N) is 2. The average Bonchev–Trinajstić information content (AvgIpc) is 2.84. The number of nitrogen functional groups attached to an aromatic ring is 1. The van der Waals surface area contributed by atoms with E-state index in [2.05, 4.69) is 14.9 Å². The Labute approximate surface area is 110 Å². The molecule has 8 heteroatoms. The molecule has 0 spiro atoms. The third-order valence-electron chi connectivity index (χ3n) is 2.44. The number of nitrogens with zero attached hydrogens (tertiary/aromatic N) is 2. The highest BCUT2D eigenvalue weighted by Crippen LogP contribution is 2.14. The van der Waals surface area contributed by atoms with Crippen molar-refractivity contribution in [2.24, 2.45) is 0 Å². The third-order valence-corrected chi connectivity index (χ3v) is 3.87. The molecule has 0 bridgehead atoms. The number of nitriles is 1. The fourth-order valence-corrected chi connectivity index (χ4v) is 2.54. The van der Waals surface area contributed by atoms with Gasteiger partial charge in [0.05, 0.1) is 17.8 Å². The fraction of sp³-hybridized carbons (Fsp3) is 0.0909. The largest absolute Gasteiger partial charge is 0.383 e. The number of anilines is 1. The highest BCUT2D eigenvalue weighted by Gasteiger charge is 2.18. The molecule has 0 aliphatic heterocycles. The summed E-state index contributed by atoms with van der Waals surface area (Å²) in [7, 11) is -3.72. The molecule has 98 valence electrons. The van der Waals surface area contributed by atoms with Gasteiger partial charge in [-0.15, -0.1) is 0 Å². The van der Waals surface area contributed by atoms with Crippen molar-refractivity contribution in [2.75, 3.05) is 5.73 Å². The van der Waals surface area contributed by atoms with Crippen molar-refractivity contribution in [2.45, 2.75) is 11.4 Å². The van der Waals surface area contributed by atoms with Crippen molar-refractivity contribution in [3.8, 4) is 6.07 Å². The normalized spacial score (nSPS) is 11.1. The molecule has 0 fully saturated rings. The van der Waals surface area contributed by atoms with E-state index in [4.69, 9.17) is 11.0 Å². The summed E-state index contributed by atoms with van der Waals surface area (Å²) in [6.07, 6.45) is 1.14. The van der Waals surface area contributed by atoms with Gasteiger partial charge in [-0.05, 0) is 17.7 Å². The van der Waals surface area contributed by atoms with Crippen molar-refractivity contribution >= 4 is 15.8 Å². The van der Waals surface area contributed by atoms with E-state index in [0.29, 0.717) is 11.1 Å². The number of hydrogen-bond acceptors (Lipinski definition) is 5. The number of aromatic amines is 1. The number of H-pyrrole nitrogens is 1. The maximum Gasteiger partial charge on any atom is 0.246 e. The molecule has 0 aliphatic carbocycles. The molecule has 0 aliphatic rings. The Kier molecular flexibility index (Phi) is 3.50. The van der Waals surface area contributed by atoms with Crippen LogP contribution in [0.1, 0.15) is 11.1 Å². The quantitative estimate of drug-likeness (QED) is 0.743. The molecule has 7 nitrogen and oxygen atoms in total. The molecule has 0 amide bonds. The number of sulfonamides is 1. The zero-order valence-electron chi connectivity index (χ0n) is 9.79. The van der Waals surface area contributed by atoms with E-state index < -0.39 is 10.0 Å². The first-order chi connectivity index (χ1) is 9.03. The molecular weight excluding hydrogens is 266 g/mol. The standard InChI is InChI=1S/C11H11N5O2S/c12-5-8-2-1-3-9(4-8)6-15-19(17,18)10-7-14-16-11(10)13/h1-4,7,15H,6H2,(H3,13,14,16). The average molecular weight is 277 g/mol. The summed E-state index contributed by atoms with van der Waals surface area (Å²) in [5.41, 5.74) is 6.62. The van der Waals surface area contributed by atoms with Crippen molar-refractivity contribution in [1.82, 2.24) is 14.9 Å². The lowest BCUT2D eigenvalue weighted by atomic mass is 10.1. The van der Waals surface area contributed by atoms with E-state index in [9.17, 15) is 8.42 Å². The number of benzene rings is 1. The van der Waals surface area contributed by atoms with Crippen LogP contribution in [0.4, 0.5) is 5.82 Å². The number of aromatic nitrogens is 2. The molecule has 0 saturated carbocycles. The highest BCUT2D eigenvalue weighted by atomic mass is 32.2. The van der Waals surface area contributed by atoms with E-state index in [1.807, 2.05) is 6.07 Å². The Morgan fingerprint density at radius 3 is 2.89 bits per heavy atom. The van der Waals surface area contributed by atoms with Crippen LogP contribution in [0, 0.1) is 11.3 Å². The first kappa shape index (κ1) is 13.1. The Balaban J connectivity index is 2.15. The van der Waals surface area contributed by atoms with Gasteiger partial charge in [0, 0.05) is 6.54 Å². The SMILES string of the molecule is N#Cc1cccc(CNS(=O)(=O)c2cn[nH]c2N)c1. The van der Waals surface area contributed by atoms with Crippen LogP contribution in [-0.4, -0.2) is 18.6 Å². The minimum Gasteiger partial charge on any atom is -0.383 e. The van der Waals surface area contributed by atoms with E-state index in [1.165, 1.54) is 0 Å². The molecule has 19 heavy (non-hydrogen) atoms. The molecule has 2 aromatic rings. The lowest BCUT2D eigenvalue weighted by Crippen LogP contribution is -2.23. The number of hydrogen-bond donors (Lipinski definition) is 3. The number of rotatable bonds is 4. The topological polar surface area (TPSA) is 125 Å². The Hall–Kier alpha value is -2.37. The van der Waals surface area contributed by atoms with Crippen LogP contribution in [0.25, 0.3) is 0 Å². The summed E-state index contributed by atoms with van der Waals surface area (Å²) >= 11 is 0. The zero-order valence-corrected chi connectivity index (χ0v) is 10.6. The van der Waals surface area contributed by atoms with Crippen LogP contribution in [0.2, 0.25) is 0 Å². The summed E-state index contributed by atoms with van der Waals surface area (Å²) in [6.45, 7) is 0.0719. The van der Waals surface area contributed by atoms with Gasteiger partial charge in [-0.2, -0.15) is 10.4 Å². The summed E-state index contributed by atoms with van der Waals surface area (Å²) < 4.78 is 26.2. The maximum absolute atomic E-state index is 11.9. The predicted molar refractivity (Wildman–Crippen MR) is 68.2 cm³/mol. The van der Waals surface area contributed by atoms with Crippen LogP contribution in [0.5, 0.6) is 0 Å². The fourth-order valence-electron chi connectivity index (χ4n) is 1.51. The van der Waals surface area contributed by atoms with Crippen LogP contribution >= 0.6 is 0 Å². The molecule has 0 unspecified atom stereocenters. The molecule has 1 heterocycles. The van der Waals surface area contributed by atoms with Gasteiger partial charge in [0.1, 0.15) is 10.7 Å². The molecule has 0 atom stereocenters. The predicted octanol–water partition coefficient (Wildman–Crippen LogP) is 0.342. The van der Waals surface area contributed by atoms with Crippen molar-refractivity contribution < 1.29 is 8.42 Å². The second-order valence-corrected chi connectivity index (χ2v) is 5.52. The van der Waals surface area contributed by atoms with Gasteiger partial charge in [-0.3, -0.25) is 5.10 Å². The van der Waals surface area contributed by atoms with Crippen LogP contribution in [-0.2, 0) is 16.6 Å². The smallest absolute Gasteiger partial charge is 0.246 e. The Bertz CT molecular complexity index is 730. The zero-order chi connectivity index (χ0) is 13.9. The van der Waals surface area contributed by atoms with Gasteiger partial charge in [-0.1, -0.05) is 12.1 Å². The van der Waals surface area contributed by atoms with E-state index >= 15 is 0 Å². The lowest BCUT2D eigenvalue weighted by molar-refractivity contribution is 0.582. The van der Waals surface area contributed by atoms with E-state index in [0.717, 1.165) is 6.20 Å². The summed E-state index contributed by atoms with van der Waals surface area (Å²) in [6, 6.07) is 8.66. The summed E-state index contributed by atoms with van der Waals surface area (Å²) in [4.78, 5) is -0.0936. The van der Waals surface area contributed by atoms with Crippen molar-refractivity contribution in [1.29, 1.82) is 5.26 Å². The third kappa shape index (κ3) is 2.90. The minimum absolute atomic E-state index is 0.0155. The second kappa shape index (κ2) is 5.09. The van der Waals surface area contributed by atoms with Crippen LogP contribution < -0.4 is 10.5 Å². The molecule has 1 aromatic carbocycles. The van der Waals surface area contributed by atoms with Crippen molar-refractivity contribution in [3.63, 3.8) is 0 Å². The van der Waals surface area contributed by atoms with Gasteiger partial charge >= 0.3 is 0 Å². The van der Waals surface area contributed by atoms with Gasteiger partial charge in [-0.25, -0.2) is 13.1 Å². The van der Waals surface area contributed by atoms with Crippen molar-refractivity contribution in [3.05, 3.63) is 41.6 Å². The van der Waals surface area contributed by atoms with Gasteiger partial charge in [0.25, 0.3) is 0 Å². The molecule has 1 aromatic heterocycles. The molecular formula is C11H11N5O2S. The molecule has 0 saturated heterocycles. The van der Waals surface area contributed by atoms with Crippen LogP contribution in [0.3, 0.4) is 0 Å². The minimum atomic E-state index is -3.72. The van der Waals surface area contributed by atoms with Gasteiger partial charge in [0.2, 0.25) is 10.0 Å². The maximum atomic E-state index is 11.9. The van der Waals surface area contributed by atoms with Gasteiger partial charge in [0.15, 0.2) is 0 Å². The molecule has 4 N–H and O–H groups in total. The summed E-state index contributed by atoms with van der Waals surface area (Å²) in [5, 5.41) is 14.7. The monoisotopic (exact) mass is 277 g/mol. The highest BCUT2D eigenvalue weighted by molar-refractivity contribution is 7.89. The van der Waals surface area contributed by atoms with Crippen LogP contribution in [0.15, 0.2) is 35.4 Å². The molecule has 2 rings (SSSR count). The Morgan fingerprint density at radius 1 is 1.47 bits per heavy atom. The first-order valence-electron chi connectivity index (χ1n) is 5.30. The molecule has 0 radical (unpaired) electrons. The summed E-state index contributed by atoms with van der Waals surface area (Å²) in [5.74, 6) is -0.0155.